The molecular formula is C17H11Cl2N3O3S. The molecule has 9 heteroatoms. The van der Waals surface area contributed by atoms with E-state index in [1.165, 1.54) is 18.3 Å². The number of rotatable bonds is 3. The number of carbonyl (C=O) groups is 1. The number of carbonyl (C=O) groups excluding carboxylic acids is 1. The molecule has 1 amide bonds. The van der Waals surface area contributed by atoms with Crippen molar-refractivity contribution in [3.8, 4) is 0 Å². The molecule has 6 nitrogen and oxygen atoms in total. The fourth-order valence-corrected chi connectivity index (χ4v) is 5.03. The van der Waals surface area contributed by atoms with Crippen LogP contribution in [0.25, 0.3) is 10.8 Å². The number of nitrogens with zero attached hydrogens (tertiary/aromatic N) is 2. The number of anilines is 2. The maximum Gasteiger partial charge on any atom is 0.265 e. The average molecular weight is 408 g/mol. The van der Waals surface area contributed by atoms with Crippen LogP contribution in [0.15, 0.2) is 53.6 Å². The first-order valence-electron chi connectivity index (χ1n) is 7.53. The van der Waals surface area contributed by atoms with E-state index < -0.39 is 22.5 Å². The van der Waals surface area contributed by atoms with Crippen LogP contribution >= 0.6 is 23.2 Å². The standard InChI is InChI=1S/C17H11Cl2N3O3S/c18-11-7-12(19)17(20-8-11)21-15(23)9-22-13-5-1-3-10-4-2-6-14(16(10)13)26(22,24)25/h1-8H,9H2,(H,20,21,23). The summed E-state index contributed by atoms with van der Waals surface area (Å²) in [6, 6.07) is 11.8. The van der Waals surface area contributed by atoms with Gasteiger partial charge in [0.05, 0.1) is 20.6 Å². The van der Waals surface area contributed by atoms with Gasteiger partial charge in [0.15, 0.2) is 5.82 Å². The minimum absolute atomic E-state index is 0.119. The number of aromatic nitrogens is 1. The maximum absolute atomic E-state index is 12.9. The van der Waals surface area contributed by atoms with E-state index in [1.807, 2.05) is 12.1 Å². The minimum Gasteiger partial charge on any atom is -0.308 e. The summed E-state index contributed by atoms with van der Waals surface area (Å²) < 4.78 is 26.8. The van der Waals surface area contributed by atoms with Crippen LogP contribution in [0.2, 0.25) is 10.0 Å². The summed E-state index contributed by atoms with van der Waals surface area (Å²) in [5.74, 6) is -0.441. The Balaban J connectivity index is 1.67. The molecule has 0 unspecified atom stereocenters. The molecule has 2 heterocycles. The smallest absolute Gasteiger partial charge is 0.265 e. The predicted molar refractivity (Wildman–Crippen MR) is 101 cm³/mol. The van der Waals surface area contributed by atoms with Gasteiger partial charge in [-0.1, -0.05) is 47.5 Å². The second-order valence-corrected chi connectivity index (χ2v) is 8.35. The van der Waals surface area contributed by atoms with Crippen LogP contribution in [-0.2, 0) is 14.8 Å². The third-order valence-electron chi connectivity index (χ3n) is 4.03. The predicted octanol–water partition coefficient (Wildman–Crippen LogP) is 3.69. The second kappa shape index (κ2) is 6.12. The van der Waals surface area contributed by atoms with Crippen molar-refractivity contribution in [1.82, 2.24) is 4.98 Å². The van der Waals surface area contributed by atoms with Gasteiger partial charge < -0.3 is 5.32 Å². The number of halogens is 2. The van der Waals surface area contributed by atoms with Gasteiger partial charge in [0.1, 0.15) is 6.54 Å². The van der Waals surface area contributed by atoms with Crippen molar-refractivity contribution in [2.45, 2.75) is 4.90 Å². The van der Waals surface area contributed by atoms with E-state index in [9.17, 15) is 13.2 Å². The maximum atomic E-state index is 12.9. The van der Waals surface area contributed by atoms with Crippen LogP contribution in [0.3, 0.4) is 0 Å². The monoisotopic (exact) mass is 407 g/mol. The van der Waals surface area contributed by atoms with Crippen LogP contribution in [0.5, 0.6) is 0 Å². The lowest BCUT2D eigenvalue weighted by molar-refractivity contribution is -0.114. The highest BCUT2D eigenvalue weighted by atomic mass is 35.5. The molecule has 0 bridgehead atoms. The molecule has 1 N–H and O–H groups in total. The Labute approximate surface area is 159 Å². The molecule has 0 saturated carbocycles. The van der Waals surface area contributed by atoms with Gasteiger partial charge in [0.2, 0.25) is 5.91 Å². The first-order valence-corrected chi connectivity index (χ1v) is 9.73. The molecule has 26 heavy (non-hydrogen) atoms. The lowest BCUT2D eigenvalue weighted by Gasteiger charge is -2.18. The molecular weight excluding hydrogens is 397 g/mol. The average Bonchev–Trinajstić information content (AvgIpc) is 2.81. The summed E-state index contributed by atoms with van der Waals surface area (Å²) in [5, 5.41) is 4.43. The van der Waals surface area contributed by atoms with Gasteiger partial charge in [-0.3, -0.25) is 9.10 Å². The van der Waals surface area contributed by atoms with Gasteiger partial charge >= 0.3 is 0 Å². The van der Waals surface area contributed by atoms with Gasteiger partial charge in [0, 0.05) is 11.6 Å². The number of amides is 1. The third kappa shape index (κ3) is 2.68. The molecule has 0 spiro atoms. The molecule has 0 aliphatic carbocycles. The first-order chi connectivity index (χ1) is 12.4. The quantitative estimate of drug-likeness (QED) is 0.717. The zero-order chi connectivity index (χ0) is 18.5. The lowest BCUT2D eigenvalue weighted by Crippen LogP contribution is -2.35. The summed E-state index contributed by atoms with van der Waals surface area (Å²) >= 11 is 11.8. The third-order valence-corrected chi connectivity index (χ3v) is 6.33. The number of nitrogens with one attached hydrogen (secondary N) is 1. The molecule has 0 saturated heterocycles. The zero-order valence-corrected chi connectivity index (χ0v) is 15.4. The molecule has 0 radical (unpaired) electrons. The van der Waals surface area contributed by atoms with E-state index in [2.05, 4.69) is 10.3 Å². The van der Waals surface area contributed by atoms with Gasteiger partial charge in [-0.05, 0) is 23.6 Å². The van der Waals surface area contributed by atoms with E-state index in [0.717, 1.165) is 9.69 Å². The SMILES string of the molecule is O=C(CN1c2cccc3cccc(c23)S1(=O)=O)Nc1ncc(Cl)cc1Cl. The number of hydrogen-bond acceptors (Lipinski definition) is 4. The summed E-state index contributed by atoms with van der Waals surface area (Å²) in [6.07, 6.45) is 1.34. The van der Waals surface area contributed by atoms with Gasteiger partial charge in [-0.25, -0.2) is 13.4 Å². The van der Waals surface area contributed by atoms with Crippen molar-refractivity contribution in [1.29, 1.82) is 0 Å². The summed E-state index contributed by atoms with van der Waals surface area (Å²) in [6.45, 7) is -0.392. The van der Waals surface area contributed by atoms with Crippen LogP contribution in [-0.4, -0.2) is 25.9 Å². The number of sulfonamides is 1. The first kappa shape index (κ1) is 17.1. The Kier molecular flexibility index (Phi) is 4.02. The number of benzene rings is 2. The molecule has 1 aromatic heterocycles. The van der Waals surface area contributed by atoms with Crippen LogP contribution in [0, 0.1) is 0 Å². The normalized spacial score (nSPS) is 14.6. The Morgan fingerprint density at radius 1 is 1.15 bits per heavy atom. The zero-order valence-electron chi connectivity index (χ0n) is 13.1. The van der Waals surface area contributed by atoms with E-state index in [1.54, 1.807) is 18.2 Å². The summed E-state index contributed by atoms with van der Waals surface area (Å²) in [7, 11) is -3.80. The van der Waals surface area contributed by atoms with Gasteiger partial charge in [-0.2, -0.15) is 0 Å². The Hall–Kier alpha value is -2.35. The van der Waals surface area contributed by atoms with Crippen molar-refractivity contribution in [2.75, 3.05) is 16.2 Å². The van der Waals surface area contributed by atoms with Crippen LogP contribution < -0.4 is 9.62 Å². The fourth-order valence-electron chi connectivity index (χ4n) is 2.94. The largest absolute Gasteiger partial charge is 0.308 e. The highest BCUT2D eigenvalue weighted by molar-refractivity contribution is 7.93. The molecule has 3 aromatic rings. The highest BCUT2D eigenvalue weighted by Crippen LogP contribution is 2.41. The van der Waals surface area contributed by atoms with Crippen LogP contribution in [0.1, 0.15) is 0 Å². The number of hydrogen-bond donors (Lipinski definition) is 1. The lowest BCUT2D eigenvalue weighted by atomic mass is 10.1. The van der Waals surface area contributed by atoms with E-state index in [-0.39, 0.29) is 15.7 Å². The highest BCUT2D eigenvalue weighted by Gasteiger charge is 2.36. The van der Waals surface area contributed by atoms with Crippen molar-refractivity contribution < 1.29 is 13.2 Å². The van der Waals surface area contributed by atoms with E-state index >= 15 is 0 Å². The Morgan fingerprint density at radius 2 is 1.88 bits per heavy atom. The molecule has 4 rings (SSSR count). The van der Waals surface area contributed by atoms with E-state index in [0.29, 0.717) is 16.1 Å². The summed E-state index contributed by atoms with van der Waals surface area (Å²) in [4.78, 5) is 16.6. The molecule has 132 valence electrons. The van der Waals surface area contributed by atoms with Crippen molar-refractivity contribution in [3.05, 3.63) is 58.7 Å². The Morgan fingerprint density at radius 3 is 2.62 bits per heavy atom. The number of pyridine rings is 1. The minimum atomic E-state index is -3.80. The molecule has 2 aromatic carbocycles. The molecule has 0 atom stereocenters. The van der Waals surface area contributed by atoms with Crippen molar-refractivity contribution in [2.24, 2.45) is 0 Å². The molecule has 1 aliphatic rings. The van der Waals surface area contributed by atoms with Crippen molar-refractivity contribution >= 4 is 61.4 Å². The fraction of sp³-hybridized carbons (Fsp3) is 0.0588. The topological polar surface area (TPSA) is 79.4 Å². The van der Waals surface area contributed by atoms with Crippen molar-refractivity contribution in [3.63, 3.8) is 0 Å². The molecule has 0 fully saturated rings. The van der Waals surface area contributed by atoms with E-state index in [4.69, 9.17) is 23.2 Å². The van der Waals surface area contributed by atoms with Crippen LogP contribution in [0.4, 0.5) is 11.5 Å². The molecule has 1 aliphatic heterocycles. The second-order valence-electron chi connectivity index (χ2n) is 5.68. The van der Waals surface area contributed by atoms with Gasteiger partial charge in [-0.15, -0.1) is 0 Å². The van der Waals surface area contributed by atoms with Gasteiger partial charge in [0.25, 0.3) is 10.0 Å². The summed E-state index contributed by atoms with van der Waals surface area (Å²) in [5.41, 5.74) is 0.475. The Bertz CT molecular complexity index is 1160.